The first-order chi connectivity index (χ1) is 11.7. The quantitative estimate of drug-likeness (QED) is 0.420. The van der Waals surface area contributed by atoms with Crippen LogP contribution in [0.15, 0.2) is 23.2 Å². The Bertz CT molecular complexity index is 528. The van der Waals surface area contributed by atoms with Gasteiger partial charge in [0.1, 0.15) is 11.5 Å². The first-order valence-electron chi connectivity index (χ1n) is 8.17. The van der Waals surface area contributed by atoms with Gasteiger partial charge in [0.25, 0.3) is 0 Å². The fraction of sp³-hybridized carbons (Fsp3) is 0.588. The van der Waals surface area contributed by atoms with E-state index >= 15 is 0 Å². The van der Waals surface area contributed by atoms with Crippen LogP contribution in [-0.2, 0) is 4.74 Å². The highest BCUT2D eigenvalue weighted by atomic mass is 16.5. The number of guanidine groups is 1. The first kappa shape index (κ1) is 18.2. The summed E-state index contributed by atoms with van der Waals surface area (Å²) >= 11 is 0. The van der Waals surface area contributed by atoms with Gasteiger partial charge < -0.3 is 30.2 Å². The largest absolute Gasteiger partial charge is 0.497 e. The summed E-state index contributed by atoms with van der Waals surface area (Å²) in [5.74, 6) is 2.58. The van der Waals surface area contributed by atoms with Crippen molar-refractivity contribution in [3.63, 3.8) is 0 Å². The number of rotatable bonds is 8. The molecule has 1 heterocycles. The van der Waals surface area contributed by atoms with Gasteiger partial charge in [-0.2, -0.15) is 0 Å². The summed E-state index contributed by atoms with van der Waals surface area (Å²) in [5, 5.41) is 3.04. The lowest BCUT2D eigenvalue weighted by Crippen LogP contribution is -2.34. The van der Waals surface area contributed by atoms with Crippen LogP contribution in [0.3, 0.4) is 0 Å². The summed E-state index contributed by atoms with van der Waals surface area (Å²) in [6.45, 7) is 3.96. The Morgan fingerprint density at radius 3 is 2.58 bits per heavy atom. The van der Waals surface area contributed by atoms with Crippen molar-refractivity contribution in [3.05, 3.63) is 18.2 Å². The predicted molar refractivity (Wildman–Crippen MR) is 96.2 cm³/mol. The molecule has 0 amide bonds. The van der Waals surface area contributed by atoms with Crippen LogP contribution in [0.5, 0.6) is 11.5 Å². The molecule has 1 fully saturated rings. The van der Waals surface area contributed by atoms with E-state index in [0.717, 1.165) is 43.2 Å². The molecule has 2 rings (SSSR count). The average molecular weight is 336 g/mol. The van der Waals surface area contributed by atoms with Crippen molar-refractivity contribution < 1.29 is 14.2 Å². The topological polar surface area (TPSA) is 81.3 Å². The van der Waals surface area contributed by atoms with Crippen LogP contribution < -0.4 is 25.4 Å². The van der Waals surface area contributed by atoms with Gasteiger partial charge >= 0.3 is 0 Å². The van der Waals surface area contributed by atoms with Crippen LogP contribution >= 0.6 is 0 Å². The molecule has 1 aromatic carbocycles. The number of nitrogens with zero attached hydrogens (tertiary/aromatic N) is 2. The molecule has 24 heavy (non-hydrogen) atoms. The summed E-state index contributed by atoms with van der Waals surface area (Å²) in [5.41, 5.74) is 6.97. The van der Waals surface area contributed by atoms with E-state index in [1.54, 1.807) is 21.3 Å². The monoisotopic (exact) mass is 336 g/mol. The normalized spacial score (nSPS) is 17.9. The first-order valence-corrected chi connectivity index (χ1v) is 8.17. The van der Waals surface area contributed by atoms with Gasteiger partial charge in [-0.05, 0) is 12.3 Å². The van der Waals surface area contributed by atoms with Gasteiger partial charge in [0.2, 0.25) is 0 Å². The molecule has 1 atom stereocenters. The molecule has 0 aliphatic carbocycles. The minimum atomic E-state index is 0.480. The second-order valence-electron chi connectivity index (χ2n) is 5.82. The molecule has 134 valence electrons. The molecule has 3 N–H and O–H groups in total. The lowest BCUT2D eigenvalue weighted by molar-refractivity contribution is 0.204. The summed E-state index contributed by atoms with van der Waals surface area (Å²) in [6, 6.07) is 5.96. The molecular formula is C17H28N4O3. The molecular weight excluding hydrogens is 308 g/mol. The predicted octanol–water partition coefficient (Wildman–Crippen LogP) is 1.08. The third kappa shape index (κ3) is 5.19. The molecule has 1 aromatic rings. The second kappa shape index (κ2) is 9.22. The van der Waals surface area contributed by atoms with Gasteiger partial charge in [-0.15, -0.1) is 0 Å². The number of hydrogen-bond acceptors (Lipinski definition) is 5. The Morgan fingerprint density at radius 1 is 1.25 bits per heavy atom. The van der Waals surface area contributed by atoms with Gasteiger partial charge in [-0.1, -0.05) is 0 Å². The summed E-state index contributed by atoms with van der Waals surface area (Å²) in [4.78, 5) is 6.76. The van der Waals surface area contributed by atoms with Crippen LogP contribution in [0.4, 0.5) is 5.69 Å². The maximum absolute atomic E-state index is 5.85. The number of nitrogens with two attached hydrogens (primary N) is 1. The Kier molecular flexibility index (Phi) is 6.99. The van der Waals surface area contributed by atoms with Gasteiger partial charge in [-0.3, -0.25) is 4.99 Å². The molecule has 0 spiro atoms. The number of aliphatic imine (C=N–C) groups is 1. The van der Waals surface area contributed by atoms with Crippen LogP contribution in [0.25, 0.3) is 0 Å². The van der Waals surface area contributed by atoms with Crippen LogP contribution in [-0.4, -0.2) is 60.1 Å². The number of methoxy groups -OCH3 is 3. The standard InChI is InChI=1S/C17H28N4O3/c1-22-7-5-19-17(18)20-11-13-4-6-21(12-13)14-8-15(23-2)10-16(9-14)24-3/h8-10,13H,4-7,11-12H2,1-3H3,(H3,18,19,20). The molecule has 1 saturated heterocycles. The summed E-state index contributed by atoms with van der Waals surface area (Å²) in [6.07, 6.45) is 1.09. The molecule has 1 aliphatic heterocycles. The van der Waals surface area contributed by atoms with Crippen LogP contribution in [0.1, 0.15) is 6.42 Å². The highest BCUT2D eigenvalue weighted by Gasteiger charge is 2.23. The van der Waals surface area contributed by atoms with Crippen LogP contribution in [0, 0.1) is 5.92 Å². The van der Waals surface area contributed by atoms with E-state index in [9.17, 15) is 0 Å². The highest BCUT2D eigenvalue weighted by Crippen LogP contribution is 2.31. The third-order valence-electron chi connectivity index (χ3n) is 4.12. The van der Waals surface area contributed by atoms with Crippen molar-refractivity contribution in [2.45, 2.75) is 6.42 Å². The average Bonchev–Trinajstić information content (AvgIpc) is 3.08. The third-order valence-corrected chi connectivity index (χ3v) is 4.12. The zero-order valence-electron chi connectivity index (χ0n) is 14.7. The molecule has 1 unspecified atom stereocenters. The van der Waals surface area contributed by atoms with Crippen molar-refractivity contribution in [3.8, 4) is 11.5 Å². The maximum Gasteiger partial charge on any atom is 0.188 e. The molecule has 7 nitrogen and oxygen atoms in total. The number of hydrogen-bond donors (Lipinski definition) is 2. The van der Waals surface area contributed by atoms with Crippen molar-refractivity contribution >= 4 is 11.6 Å². The van der Waals surface area contributed by atoms with Gasteiger partial charge in [-0.25, -0.2) is 0 Å². The molecule has 7 heteroatoms. The number of benzene rings is 1. The molecule has 0 bridgehead atoms. The number of anilines is 1. The summed E-state index contributed by atoms with van der Waals surface area (Å²) < 4.78 is 15.7. The highest BCUT2D eigenvalue weighted by molar-refractivity contribution is 5.77. The lowest BCUT2D eigenvalue weighted by Gasteiger charge is -2.20. The Morgan fingerprint density at radius 2 is 1.96 bits per heavy atom. The van der Waals surface area contributed by atoms with Gasteiger partial charge in [0.05, 0.1) is 20.8 Å². The van der Waals surface area contributed by atoms with Crippen LogP contribution in [0.2, 0.25) is 0 Å². The number of ether oxygens (including phenoxy) is 3. The molecule has 1 aliphatic rings. The SMILES string of the molecule is COCCNC(N)=NCC1CCN(c2cc(OC)cc(OC)c2)C1. The molecule has 0 aromatic heterocycles. The van der Waals surface area contributed by atoms with E-state index in [2.05, 4.69) is 15.2 Å². The van der Waals surface area contributed by atoms with E-state index in [1.807, 2.05) is 18.2 Å². The van der Waals surface area contributed by atoms with Crippen molar-refractivity contribution in [1.29, 1.82) is 0 Å². The van der Waals surface area contributed by atoms with E-state index < -0.39 is 0 Å². The lowest BCUT2D eigenvalue weighted by atomic mass is 10.1. The van der Waals surface area contributed by atoms with E-state index in [-0.39, 0.29) is 0 Å². The van der Waals surface area contributed by atoms with Crippen molar-refractivity contribution in [2.75, 3.05) is 59.0 Å². The van der Waals surface area contributed by atoms with E-state index in [1.165, 1.54) is 0 Å². The van der Waals surface area contributed by atoms with Gasteiger partial charge in [0, 0.05) is 57.2 Å². The zero-order chi connectivity index (χ0) is 17.4. The maximum atomic E-state index is 5.85. The summed E-state index contributed by atoms with van der Waals surface area (Å²) in [7, 11) is 4.99. The minimum absolute atomic E-state index is 0.480. The van der Waals surface area contributed by atoms with E-state index in [0.29, 0.717) is 25.0 Å². The second-order valence-corrected chi connectivity index (χ2v) is 5.82. The van der Waals surface area contributed by atoms with Gasteiger partial charge in [0.15, 0.2) is 5.96 Å². The van der Waals surface area contributed by atoms with Crippen molar-refractivity contribution in [2.24, 2.45) is 16.6 Å². The fourth-order valence-corrected chi connectivity index (χ4v) is 2.76. The van der Waals surface area contributed by atoms with Crippen molar-refractivity contribution in [1.82, 2.24) is 5.32 Å². The molecule has 0 saturated carbocycles. The smallest absolute Gasteiger partial charge is 0.188 e. The number of nitrogens with one attached hydrogen (secondary N) is 1. The Labute approximate surface area is 143 Å². The zero-order valence-corrected chi connectivity index (χ0v) is 14.7. The molecule has 0 radical (unpaired) electrons. The fourth-order valence-electron chi connectivity index (χ4n) is 2.76. The minimum Gasteiger partial charge on any atom is -0.497 e. The Balaban J connectivity index is 1.90. The van der Waals surface area contributed by atoms with E-state index in [4.69, 9.17) is 19.9 Å². The Hall–Kier alpha value is -2.15.